The van der Waals surface area contributed by atoms with Gasteiger partial charge in [0.05, 0.1) is 12.7 Å². The molecule has 0 aliphatic carbocycles. The number of phenols is 1. The summed E-state index contributed by atoms with van der Waals surface area (Å²) in [4.78, 5) is 25.5. The van der Waals surface area contributed by atoms with Gasteiger partial charge in [0.25, 0.3) is 5.91 Å². The van der Waals surface area contributed by atoms with E-state index in [1.54, 1.807) is 25.1 Å². The summed E-state index contributed by atoms with van der Waals surface area (Å²) in [6.45, 7) is 2.24. The van der Waals surface area contributed by atoms with Gasteiger partial charge in [0.2, 0.25) is 0 Å². The first-order valence-electron chi connectivity index (χ1n) is 6.23. The molecule has 0 radical (unpaired) electrons. The fourth-order valence-corrected chi connectivity index (χ4v) is 2.38. The van der Waals surface area contributed by atoms with E-state index in [0.717, 1.165) is 6.42 Å². The summed E-state index contributed by atoms with van der Waals surface area (Å²) in [6, 6.07) is 4.47. The quantitative estimate of drug-likeness (QED) is 0.821. The monoisotopic (exact) mass is 263 g/mol. The first-order valence-corrected chi connectivity index (χ1v) is 6.23. The average Bonchev–Trinajstić information content (AvgIpc) is 2.89. The molecule has 0 spiro atoms. The predicted molar refractivity (Wildman–Crippen MR) is 68.9 cm³/mol. The summed E-state index contributed by atoms with van der Waals surface area (Å²) in [5.74, 6) is -0.755. The van der Waals surface area contributed by atoms with Gasteiger partial charge in [-0.25, -0.2) is 4.79 Å². The van der Waals surface area contributed by atoms with Crippen molar-refractivity contribution in [3.05, 3.63) is 29.3 Å². The van der Waals surface area contributed by atoms with Crippen molar-refractivity contribution in [2.24, 2.45) is 0 Å². The number of hydrogen-bond donors (Lipinski definition) is 1. The van der Waals surface area contributed by atoms with Gasteiger partial charge in [-0.1, -0.05) is 12.1 Å². The second-order valence-electron chi connectivity index (χ2n) is 4.65. The minimum atomic E-state index is -0.544. The van der Waals surface area contributed by atoms with Crippen molar-refractivity contribution in [1.29, 1.82) is 0 Å². The van der Waals surface area contributed by atoms with Crippen LogP contribution in [-0.4, -0.2) is 41.6 Å². The van der Waals surface area contributed by atoms with Crippen molar-refractivity contribution >= 4 is 11.9 Å². The number of esters is 1. The Morgan fingerprint density at radius 1 is 1.42 bits per heavy atom. The molecule has 5 heteroatoms. The highest BCUT2D eigenvalue weighted by Gasteiger charge is 2.36. The third kappa shape index (κ3) is 2.41. The lowest BCUT2D eigenvalue weighted by atomic mass is 10.1. The summed E-state index contributed by atoms with van der Waals surface area (Å²) in [6.07, 6.45) is 1.36. The second-order valence-corrected chi connectivity index (χ2v) is 4.65. The van der Waals surface area contributed by atoms with E-state index in [1.165, 1.54) is 12.0 Å². The number of carbonyl (C=O) groups excluding carboxylic acids is 2. The number of hydrogen-bond acceptors (Lipinski definition) is 4. The molecule has 5 nitrogen and oxygen atoms in total. The van der Waals surface area contributed by atoms with Crippen LogP contribution in [-0.2, 0) is 9.53 Å². The molecule has 2 rings (SSSR count). The topological polar surface area (TPSA) is 66.8 Å². The number of ether oxygens (including phenoxy) is 1. The number of rotatable bonds is 2. The molecule has 0 aromatic heterocycles. The maximum absolute atomic E-state index is 12.4. The lowest BCUT2D eigenvalue weighted by molar-refractivity contribution is -0.145. The molecule has 0 bridgehead atoms. The minimum Gasteiger partial charge on any atom is -0.507 e. The molecule has 1 atom stereocenters. The van der Waals surface area contributed by atoms with Crippen molar-refractivity contribution in [2.75, 3.05) is 13.7 Å². The van der Waals surface area contributed by atoms with Crippen molar-refractivity contribution in [1.82, 2.24) is 4.90 Å². The summed E-state index contributed by atoms with van der Waals surface area (Å²) in [5.41, 5.74) is 0.871. The Bertz CT molecular complexity index is 512. The average molecular weight is 263 g/mol. The molecule has 1 unspecified atom stereocenters. The highest BCUT2D eigenvalue weighted by atomic mass is 16.5. The van der Waals surface area contributed by atoms with E-state index >= 15 is 0 Å². The number of benzene rings is 1. The molecule has 1 N–H and O–H groups in total. The van der Waals surface area contributed by atoms with E-state index in [1.807, 2.05) is 0 Å². The van der Waals surface area contributed by atoms with Gasteiger partial charge in [-0.05, 0) is 31.4 Å². The largest absolute Gasteiger partial charge is 0.507 e. The molecule has 19 heavy (non-hydrogen) atoms. The molecule has 1 aromatic carbocycles. The Morgan fingerprint density at radius 2 is 2.16 bits per heavy atom. The van der Waals surface area contributed by atoms with Gasteiger partial charge in [0, 0.05) is 6.54 Å². The Kier molecular flexibility index (Phi) is 3.74. The normalized spacial score (nSPS) is 18.4. The van der Waals surface area contributed by atoms with Gasteiger partial charge in [0.1, 0.15) is 11.8 Å². The van der Waals surface area contributed by atoms with Crippen LogP contribution < -0.4 is 0 Å². The number of nitrogens with zero attached hydrogens (tertiary/aromatic N) is 1. The predicted octanol–water partition coefficient (Wildman–Crippen LogP) is 1.48. The standard InChI is InChI=1S/C14H17NO4/c1-9-5-3-6-10(12(9)16)13(17)15-8-4-7-11(15)14(18)19-2/h3,5-6,11,16H,4,7-8H2,1-2H3. The fraction of sp³-hybridized carbons (Fsp3) is 0.429. The van der Waals surface area contributed by atoms with Crippen molar-refractivity contribution in [3.63, 3.8) is 0 Å². The lowest BCUT2D eigenvalue weighted by Gasteiger charge is -2.23. The van der Waals surface area contributed by atoms with E-state index in [-0.39, 0.29) is 17.2 Å². The molecular weight excluding hydrogens is 246 g/mol. The third-order valence-corrected chi connectivity index (χ3v) is 3.46. The molecule has 102 valence electrons. The number of phenolic OH excluding ortho intramolecular Hbond substituents is 1. The fourth-order valence-electron chi connectivity index (χ4n) is 2.38. The summed E-state index contributed by atoms with van der Waals surface area (Å²) in [7, 11) is 1.31. The van der Waals surface area contributed by atoms with Crippen LogP contribution in [0.25, 0.3) is 0 Å². The molecule has 1 saturated heterocycles. The second kappa shape index (κ2) is 5.30. The first kappa shape index (κ1) is 13.4. The van der Waals surface area contributed by atoms with Gasteiger partial charge in [0.15, 0.2) is 0 Å². The number of methoxy groups -OCH3 is 1. The minimum absolute atomic E-state index is 0.0250. The van der Waals surface area contributed by atoms with Crippen molar-refractivity contribution in [3.8, 4) is 5.75 Å². The van der Waals surface area contributed by atoms with Gasteiger partial charge in [-0.15, -0.1) is 0 Å². The molecule has 1 aliphatic heterocycles. The Morgan fingerprint density at radius 3 is 2.84 bits per heavy atom. The van der Waals surface area contributed by atoms with E-state index in [4.69, 9.17) is 4.74 Å². The number of amides is 1. The van der Waals surface area contributed by atoms with Crippen LogP contribution in [0.5, 0.6) is 5.75 Å². The first-order chi connectivity index (χ1) is 9.06. The highest BCUT2D eigenvalue weighted by molar-refractivity contribution is 5.99. The van der Waals surface area contributed by atoms with Crippen LogP contribution >= 0.6 is 0 Å². The Hall–Kier alpha value is -2.04. The van der Waals surface area contributed by atoms with Crippen LogP contribution in [0.2, 0.25) is 0 Å². The van der Waals surface area contributed by atoms with Crippen LogP contribution in [0, 0.1) is 6.92 Å². The summed E-state index contributed by atoms with van der Waals surface area (Å²) >= 11 is 0. The van der Waals surface area contributed by atoms with Crippen LogP contribution in [0.1, 0.15) is 28.8 Å². The number of para-hydroxylation sites is 1. The maximum atomic E-state index is 12.4. The summed E-state index contributed by atoms with van der Waals surface area (Å²) < 4.78 is 4.71. The molecule has 1 fully saturated rings. The van der Waals surface area contributed by atoms with Gasteiger partial charge < -0.3 is 14.7 Å². The van der Waals surface area contributed by atoms with Gasteiger partial charge in [-0.3, -0.25) is 4.79 Å². The highest BCUT2D eigenvalue weighted by Crippen LogP contribution is 2.27. The van der Waals surface area contributed by atoms with Gasteiger partial charge in [-0.2, -0.15) is 0 Å². The molecule has 1 aromatic rings. The summed E-state index contributed by atoms with van der Waals surface area (Å²) in [5, 5.41) is 9.95. The number of aromatic hydroxyl groups is 1. The van der Waals surface area contributed by atoms with Crippen LogP contribution in [0.4, 0.5) is 0 Å². The molecule has 1 aliphatic rings. The Balaban J connectivity index is 2.28. The van der Waals surface area contributed by atoms with E-state index < -0.39 is 12.0 Å². The van der Waals surface area contributed by atoms with Crippen LogP contribution in [0.3, 0.4) is 0 Å². The van der Waals surface area contributed by atoms with E-state index in [9.17, 15) is 14.7 Å². The third-order valence-electron chi connectivity index (χ3n) is 3.46. The SMILES string of the molecule is COC(=O)C1CCCN1C(=O)c1cccc(C)c1O. The molecule has 1 heterocycles. The zero-order valence-electron chi connectivity index (χ0n) is 11.0. The van der Waals surface area contributed by atoms with Crippen molar-refractivity contribution < 1.29 is 19.4 Å². The van der Waals surface area contributed by atoms with Crippen LogP contribution in [0.15, 0.2) is 18.2 Å². The number of likely N-dealkylation sites (tertiary alicyclic amines) is 1. The van der Waals surface area contributed by atoms with Gasteiger partial charge >= 0.3 is 5.97 Å². The Labute approximate surface area is 111 Å². The smallest absolute Gasteiger partial charge is 0.328 e. The van der Waals surface area contributed by atoms with E-state index in [0.29, 0.717) is 18.5 Å². The lowest BCUT2D eigenvalue weighted by Crippen LogP contribution is -2.41. The zero-order chi connectivity index (χ0) is 14.0. The molecular formula is C14H17NO4. The van der Waals surface area contributed by atoms with E-state index in [2.05, 4.69) is 0 Å². The number of aryl methyl sites for hydroxylation is 1. The maximum Gasteiger partial charge on any atom is 0.328 e. The zero-order valence-corrected chi connectivity index (χ0v) is 11.0. The molecule has 1 amide bonds. The molecule has 0 saturated carbocycles. The number of carbonyl (C=O) groups is 2. The van der Waals surface area contributed by atoms with Crippen molar-refractivity contribution in [2.45, 2.75) is 25.8 Å².